The molecule has 0 aliphatic rings. The number of anilines is 2. The largest absolute Gasteiger partial charge is 0.456 e. The minimum absolute atomic E-state index is 0.505. The van der Waals surface area contributed by atoms with E-state index in [4.69, 9.17) is 14.4 Å². The Bertz CT molecular complexity index is 2150. The monoisotopic (exact) mass is 519 g/mol. The van der Waals surface area contributed by atoms with E-state index in [-0.39, 0.29) is 0 Å². The molecule has 0 saturated carbocycles. The van der Waals surface area contributed by atoms with E-state index in [1.807, 2.05) is 42.5 Å². The smallest absolute Gasteiger partial charge is 0.216 e. The van der Waals surface area contributed by atoms with Crippen LogP contribution in [0.1, 0.15) is 11.4 Å². The van der Waals surface area contributed by atoms with E-state index in [2.05, 4.69) is 94.2 Å². The van der Waals surface area contributed by atoms with E-state index >= 15 is 0 Å². The number of nitrogens with zero attached hydrogens (tertiary/aromatic N) is 4. The van der Waals surface area contributed by atoms with Crippen LogP contribution in [-0.4, -0.2) is 19.5 Å². The lowest BCUT2D eigenvalue weighted by molar-refractivity contribution is 0.669. The van der Waals surface area contributed by atoms with Gasteiger partial charge in [0, 0.05) is 16.5 Å². The van der Waals surface area contributed by atoms with Crippen molar-refractivity contribution in [3.05, 3.63) is 127 Å². The molecule has 0 fully saturated rings. The second kappa shape index (κ2) is 8.85. The molecule has 3 heterocycles. The fourth-order valence-electron chi connectivity index (χ4n) is 5.64. The summed E-state index contributed by atoms with van der Waals surface area (Å²) in [6, 6.07) is 39.4. The van der Waals surface area contributed by atoms with Crippen LogP contribution in [-0.2, 0) is 6.54 Å². The van der Waals surface area contributed by atoms with Crippen LogP contribution in [0, 0.1) is 6.92 Å². The average molecular weight is 520 g/mol. The number of rotatable bonds is 5. The van der Waals surface area contributed by atoms with Crippen molar-refractivity contribution in [2.45, 2.75) is 13.5 Å². The van der Waals surface area contributed by atoms with E-state index in [1.54, 1.807) is 0 Å². The van der Waals surface area contributed by atoms with Crippen LogP contribution in [0.25, 0.3) is 49.7 Å². The number of furan rings is 1. The van der Waals surface area contributed by atoms with Gasteiger partial charge in [-0.3, -0.25) is 4.57 Å². The Kier molecular flexibility index (Phi) is 5.00. The van der Waals surface area contributed by atoms with Gasteiger partial charge >= 0.3 is 0 Å². The number of aromatic amines is 1. The summed E-state index contributed by atoms with van der Waals surface area (Å²) in [5.41, 5.74) is 8.96. The highest BCUT2D eigenvalue weighted by atomic mass is 16.3. The molecule has 0 saturated heterocycles. The minimum atomic E-state index is 0.505. The first-order chi connectivity index (χ1) is 19.7. The molecule has 40 heavy (non-hydrogen) atoms. The molecule has 0 aliphatic carbocycles. The van der Waals surface area contributed by atoms with Crippen molar-refractivity contribution in [1.82, 2.24) is 19.5 Å². The predicted octanol–water partition coefficient (Wildman–Crippen LogP) is 8.45. The van der Waals surface area contributed by atoms with Crippen LogP contribution in [0.4, 0.5) is 11.6 Å². The van der Waals surface area contributed by atoms with Gasteiger partial charge in [0.15, 0.2) is 0 Å². The molecule has 1 N–H and O–H groups in total. The molecule has 0 radical (unpaired) electrons. The average Bonchev–Trinajstić information content (AvgIpc) is 3.68. The number of imidazole rings is 2. The molecule has 5 aromatic carbocycles. The maximum absolute atomic E-state index is 6.15. The van der Waals surface area contributed by atoms with Crippen LogP contribution >= 0.6 is 0 Å². The molecule has 0 aliphatic heterocycles. The molecule has 0 atom stereocenters. The van der Waals surface area contributed by atoms with Crippen LogP contribution in [0.15, 0.2) is 120 Å². The molecule has 8 rings (SSSR count). The molecule has 6 heteroatoms. The molecular formula is C34H25N5O. The molecule has 0 amide bonds. The zero-order valence-electron chi connectivity index (χ0n) is 21.9. The quantitative estimate of drug-likeness (QED) is 0.248. The second-order valence-corrected chi connectivity index (χ2v) is 10.1. The number of para-hydroxylation sites is 6. The maximum Gasteiger partial charge on any atom is 0.216 e. The Morgan fingerprint density at radius 1 is 0.725 bits per heavy atom. The Labute approximate surface area is 230 Å². The number of aryl methyl sites for hydroxylation is 1. The van der Waals surface area contributed by atoms with Crippen molar-refractivity contribution in [3.63, 3.8) is 0 Å². The first kappa shape index (κ1) is 22.6. The van der Waals surface area contributed by atoms with Crippen molar-refractivity contribution in [2.24, 2.45) is 0 Å². The molecule has 3 aromatic heterocycles. The van der Waals surface area contributed by atoms with Crippen molar-refractivity contribution in [3.8, 4) is 5.69 Å². The molecule has 0 unspecified atom stereocenters. The summed E-state index contributed by atoms with van der Waals surface area (Å²) >= 11 is 0. The third kappa shape index (κ3) is 3.57. The molecule has 6 nitrogen and oxygen atoms in total. The fraction of sp³-hybridized carbons (Fsp3) is 0.0588. The highest BCUT2D eigenvalue weighted by Crippen LogP contribution is 2.37. The predicted molar refractivity (Wildman–Crippen MR) is 161 cm³/mol. The summed E-state index contributed by atoms with van der Waals surface area (Å²) < 4.78 is 8.40. The van der Waals surface area contributed by atoms with Gasteiger partial charge in [-0.05, 0) is 67.1 Å². The maximum atomic E-state index is 6.15. The Morgan fingerprint density at radius 2 is 1.48 bits per heavy atom. The second-order valence-electron chi connectivity index (χ2n) is 10.1. The zero-order valence-corrected chi connectivity index (χ0v) is 21.9. The lowest BCUT2D eigenvalue weighted by Crippen LogP contribution is -2.21. The number of fused-ring (bicyclic) bond motifs is 5. The third-order valence-electron chi connectivity index (χ3n) is 7.56. The van der Waals surface area contributed by atoms with Gasteiger partial charge in [0.25, 0.3) is 0 Å². The van der Waals surface area contributed by atoms with Gasteiger partial charge in [-0.25, -0.2) is 9.97 Å². The zero-order chi connectivity index (χ0) is 26.6. The molecule has 192 valence electrons. The number of hydrogen-bond donors (Lipinski definition) is 1. The van der Waals surface area contributed by atoms with Gasteiger partial charge in [0.2, 0.25) is 5.95 Å². The number of hydrogen-bond acceptors (Lipinski definition) is 4. The lowest BCUT2D eigenvalue weighted by atomic mass is 10.1. The topological polar surface area (TPSA) is 62.9 Å². The minimum Gasteiger partial charge on any atom is -0.456 e. The number of nitrogens with one attached hydrogen (secondary N) is 1. The van der Waals surface area contributed by atoms with Crippen molar-refractivity contribution in [1.29, 1.82) is 0 Å². The highest BCUT2D eigenvalue weighted by molar-refractivity contribution is 6.06. The van der Waals surface area contributed by atoms with Crippen LogP contribution < -0.4 is 4.90 Å². The summed E-state index contributed by atoms with van der Waals surface area (Å²) in [6.45, 7) is 2.65. The number of benzene rings is 5. The molecular weight excluding hydrogens is 494 g/mol. The van der Waals surface area contributed by atoms with Crippen molar-refractivity contribution >= 4 is 55.6 Å². The van der Waals surface area contributed by atoms with E-state index < -0.39 is 0 Å². The van der Waals surface area contributed by atoms with Crippen molar-refractivity contribution in [2.75, 3.05) is 4.90 Å². The van der Waals surface area contributed by atoms with Crippen molar-refractivity contribution < 1.29 is 4.42 Å². The first-order valence-corrected chi connectivity index (χ1v) is 13.4. The summed E-state index contributed by atoms with van der Waals surface area (Å²) in [5, 5.41) is 2.16. The summed E-state index contributed by atoms with van der Waals surface area (Å²) in [5.74, 6) is 1.69. The number of H-pyrrole nitrogens is 1. The van der Waals surface area contributed by atoms with Gasteiger partial charge in [0.05, 0.1) is 34.3 Å². The van der Waals surface area contributed by atoms with Crippen LogP contribution in [0.3, 0.4) is 0 Å². The summed E-state index contributed by atoms with van der Waals surface area (Å²) in [4.78, 5) is 15.9. The van der Waals surface area contributed by atoms with Gasteiger partial charge < -0.3 is 14.3 Å². The molecule has 0 spiro atoms. The Hall–Kier alpha value is -5.36. The van der Waals surface area contributed by atoms with Gasteiger partial charge in [0.1, 0.15) is 17.0 Å². The third-order valence-corrected chi connectivity index (χ3v) is 7.56. The van der Waals surface area contributed by atoms with Gasteiger partial charge in [-0.15, -0.1) is 0 Å². The summed E-state index contributed by atoms with van der Waals surface area (Å²) in [6.07, 6.45) is 0. The van der Waals surface area contributed by atoms with Crippen LogP contribution in [0.5, 0.6) is 0 Å². The van der Waals surface area contributed by atoms with E-state index in [0.29, 0.717) is 6.54 Å². The van der Waals surface area contributed by atoms with Gasteiger partial charge in [-0.1, -0.05) is 60.7 Å². The van der Waals surface area contributed by atoms with Gasteiger partial charge in [-0.2, -0.15) is 0 Å². The molecule has 8 aromatic rings. The Balaban J connectivity index is 1.39. The normalized spacial score (nSPS) is 11.7. The lowest BCUT2D eigenvalue weighted by Gasteiger charge is -2.25. The van der Waals surface area contributed by atoms with Crippen LogP contribution in [0.2, 0.25) is 0 Å². The first-order valence-electron chi connectivity index (χ1n) is 13.4. The van der Waals surface area contributed by atoms with E-state index in [0.717, 1.165) is 67.2 Å². The fourth-order valence-corrected chi connectivity index (χ4v) is 5.64. The Morgan fingerprint density at radius 3 is 2.38 bits per heavy atom. The number of aromatic nitrogens is 4. The SMILES string of the molecule is Cc1ccccc1-n1c(N(Cc2nc3ccccc3[nH]2)c2ccc3oc4ccccc4c3c2)nc2ccccc21. The highest BCUT2D eigenvalue weighted by Gasteiger charge is 2.23. The standard InChI is InChI=1S/C34H25N5O/c1-22-10-2-7-15-29(22)39-30-16-8-6-14-28(30)37-34(39)38(21-33-35-26-12-4-5-13-27(26)36-33)23-18-19-32-25(20-23)24-11-3-9-17-31(24)40-32/h2-20H,21H2,1H3,(H,35,36). The summed E-state index contributed by atoms with van der Waals surface area (Å²) in [7, 11) is 0. The van der Waals surface area contributed by atoms with E-state index in [1.165, 1.54) is 5.56 Å². The molecule has 0 bridgehead atoms. The van der Waals surface area contributed by atoms with E-state index in [9.17, 15) is 0 Å².